The minimum absolute atomic E-state index is 0.0367. The van der Waals surface area contributed by atoms with E-state index in [0.717, 1.165) is 11.3 Å². The van der Waals surface area contributed by atoms with Crippen molar-refractivity contribution in [3.63, 3.8) is 0 Å². The number of carbonyl (C=O) groups is 2. The van der Waals surface area contributed by atoms with E-state index in [1.807, 2.05) is 60.3 Å². The normalized spacial score (nSPS) is 10.8. The van der Waals surface area contributed by atoms with Crippen molar-refractivity contribution in [2.45, 2.75) is 13.2 Å². The van der Waals surface area contributed by atoms with Gasteiger partial charge in [0.15, 0.2) is 0 Å². The van der Waals surface area contributed by atoms with Crippen molar-refractivity contribution in [3.05, 3.63) is 59.9 Å². The predicted octanol–water partition coefficient (Wildman–Crippen LogP) is 1.69. The lowest BCUT2D eigenvalue weighted by Crippen LogP contribution is -2.46. The van der Waals surface area contributed by atoms with Gasteiger partial charge in [0.2, 0.25) is 11.8 Å². The molecule has 1 aromatic carbocycles. The van der Waals surface area contributed by atoms with Gasteiger partial charge in [0.1, 0.15) is 6.61 Å². The molecular formula is C23H33N3O5. The van der Waals surface area contributed by atoms with Crippen molar-refractivity contribution in [2.75, 3.05) is 53.7 Å². The second-order valence-corrected chi connectivity index (χ2v) is 7.21. The summed E-state index contributed by atoms with van der Waals surface area (Å²) in [5, 5.41) is 0. The third-order valence-electron chi connectivity index (χ3n) is 4.90. The van der Waals surface area contributed by atoms with Crippen molar-refractivity contribution in [2.24, 2.45) is 7.05 Å². The van der Waals surface area contributed by atoms with Crippen LogP contribution in [-0.2, 0) is 44.0 Å². The highest BCUT2D eigenvalue weighted by molar-refractivity contribution is 5.85. The van der Waals surface area contributed by atoms with Crippen LogP contribution in [-0.4, -0.2) is 79.9 Å². The standard InChI is InChI=1S/C23H33N3O5/c1-24-11-7-10-21(24)16-25(12-14-29-2)22(27)17-26(13-15-30-3)23(28)19-31-18-20-8-5-4-6-9-20/h4-11H,12-19H2,1-3H3. The Balaban J connectivity index is 1.97. The smallest absolute Gasteiger partial charge is 0.249 e. The number of carbonyl (C=O) groups excluding carboxylic acids is 2. The molecule has 0 fully saturated rings. The minimum Gasteiger partial charge on any atom is -0.383 e. The fourth-order valence-corrected chi connectivity index (χ4v) is 3.03. The van der Waals surface area contributed by atoms with Crippen LogP contribution in [0.15, 0.2) is 48.7 Å². The second-order valence-electron chi connectivity index (χ2n) is 7.21. The van der Waals surface area contributed by atoms with Crippen LogP contribution in [0.4, 0.5) is 0 Å². The van der Waals surface area contributed by atoms with Gasteiger partial charge in [0, 0.05) is 46.2 Å². The molecule has 0 saturated carbocycles. The molecular weight excluding hydrogens is 398 g/mol. The van der Waals surface area contributed by atoms with Gasteiger partial charge in [-0.2, -0.15) is 0 Å². The summed E-state index contributed by atoms with van der Waals surface area (Å²) in [6.07, 6.45) is 1.94. The third-order valence-corrected chi connectivity index (χ3v) is 4.90. The molecule has 170 valence electrons. The maximum atomic E-state index is 13.0. The highest BCUT2D eigenvalue weighted by atomic mass is 16.5. The summed E-state index contributed by atoms with van der Waals surface area (Å²) in [5.74, 6) is -0.391. The molecule has 1 aromatic heterocycles. The molecule has 2 rings (SSSR count). The lowest BCUT2D eigenvalue weighted by molar-refractivity contribution is -0.144. The number of rotatable bonds is 14. The highest BCUT2D eigenvalue weighted by Crippen LogP contribution is 2.07. The van der Waals surface area contributed by atoms with Gasteiger partial charge in [-0.05, 0) is 17.7 Å². The molecule has 0 radical (unpaired) electrons. The molecule has 0 N–H and O–H groups in total. The Morgan fingerprint density at radius 3 is 2.19 bits per heavy atom. The molecule has 0 atom stereocenters. The summed E-state index contributed by atoms with van der Waals surface area (Å²) in [7, 11) is 5.10. The molecule has 0 saturated heterocycles. The van der Waals surface area contributed by atoms with Gasteiger partial charge in [0.25, 0.3) is 0 Å². The van der Waals surface area contributed by atoms with Crippen LogP contribution in [0.3, 0.4) is 0 Å². The van der Waals surface area contributed by atoms with E-state index in [2.05, 4.69) is 0 Å². The quantitative estimate of drug-likeness (QED) is 0.455. The molecule has 0 bridgehead atoms. The number of ether oxygens (including phenoxy) is 3. The van der Waals surface area contributed by atoms with Crippen LogP contribution in [0.5, 0.6) is 0 Å². The van der Waals surface area contributed by atoms with Crippen molar-refractivity contribution < 1.29 is 23.8 Å². The summed E-state index contributed by atoms with van der Waals surface area (Å²) in [4.78, 5) is 29.0. The molecule has 0 aliphatic rings. The van der Waals surface area contributed by atoms with E-state index in [1.54, 1.807) is 19.1 Å². The molecule has 8 heteroatoms. The van der Waals surface area contributed by atoms with E-state index < -0.39 is 0 Å². The number of nitrogens with zero attached hydrogens (tertiary/aromatic N) is 3. The van der Waals surface area contributed by atoms with Gasteiger partial charge in [-0.1, -0.05) is 30.3 Å². The number of aryl methyl sites for hydroxylation is 1. The lowest BCUT2D eigenvalue weighted by Gasteiger charge is -2.27. The first-order valence-electron chi connectivity index (χ1n) is 10.3. The first-order chi connectivity index (χ1) is 15.0. The van der Waals surface area contributed by atoms with Gasteiger partial charge >= 0.3 is 0 Å². The number of aromatic nitrogens is 1. The first-order valence-corrected chi connectivity index (χ1v) is 10.3. The molecule has 0 unspecified atom stereocenters. The summed E-state index contributed by atoms with van der Waals surface area (Å²) in [6.45, 7) is 2.17. The Kier molecular flexibility index (Phi) is 10.8. The van der Waals surface area contributed by atoms with Crippen LogP contribution < -0.4 is 0 Å². The van der Waals surface area contributed by atoms with Crippen LogP contribution in [0.1, 0.15) is 11.3 Å². The van der Waals surface area contributed by atoms with Crippen molar-refractivity contribution in [3.8, 4) is 0 Å². The van der Waals surface area contributed by atoms with Crippen molar-refractivity contribution in [1.29, 1.82) is 0 Å². The Morgan fingerprint density at radius 1 is 0.903 bits per heavy atom. The van der Waals surface area contributed by atoms with Gasteiger partial charge in [-0.25, -0.2) is 0 Å². The lowest BCUT2D eigenvalue weighted by atomic mass is 10.2. The van der Waals surface area contributed by atoms with Gasteiger partial charge < -0.3 is 28.6 Å². The van der Waals surface area contributed by atoms with E-state index in [-0.39, 0.29) is 25.0 Å². The van der Waals surface area contributed by atoms with Crippen LogP contribution in [0, 0.1) is 0 Å². The zero-order valence-corrected chi connectivity index (χ0v) is 18.7. The Morgan fingerprint density at radius 2 is 1.58 bits per heavy atom. The minimum atomic E-state index is -0.244. The van der Waals surface area contributed by atoms with Gasteiger partial charge in [-0.3, -0.25) is 9.59 Å². The van der Waals surface area contributed by atoms with Crippen molar-refractivity contribution >= 4 is 11.8 Å². The predicted molar refractivity (Wildman–Crippen MR) is 117 cm³/mol. The first kappa shape index (κ1) is 24.6. The maximum Gasteiger partial charge on any atom is 0.249 e. The average Bonchev–Trinajstić information content (AvgIpc) is 3.18. The number of hydrogen-bond acceptors (Lipinski definition) is 5. The highest BCUT2D eigenvalue weighted by Gasteiger charge is 2.22. The fourth-order valence-electron chi connectivity index (χ4n) is 3.03. The van der Waals surface area contributed by atoms with Crippen LogP contribution in [0.25, 0.3) is 0 Å². The fraction of sp³-hybridized carbons (Fsp3) is 0.478. The summed E-state index contributed by atoms with van der Waals surface area (Å²) in [6, 6.07) is 13.6. The SMILES string of the molecule is COCCN(CC(=O)N(CCOC)Cc1cccn1C)C(=O)COCc1ccccc1. The second kappa shape index (κ2) is 13.6. The van der Waals surface area contributed by atoms with E-state index in [0.29, 0.717) is 39.5 Å². The average molecular weight is 432 g/mol. The number of amides is 2. The van der Waals surface area contributed by atoms with Crippen molar-refractivity contribution in [1.82, 2.24) is 14.4 Å². The Labute approximate surface area is 184 Å². The number of methoxy groups -OCH3 is 2. The largest absolute Gasteiger partial charge is 0.383 e. The molecule has 2 amide bonds. The van der Waals surface area contributed by atoms with Gasteiger partial charge in [0.05, 0.1) is 32.9 Å². The number of hydrogen-bond donors (Lipinski definition) is 0. The third kappa shape index (κ3) is 8.53. The van der Waals surface area contributed by atoms with Gasteiger partial charge in [-0.15, -0.1) is 0 Å². The summed E-state index contributed by atoms with van der Waals surface area (Å²) < 4.78 is 17.8. The van der Waals surface area contributed by atoms with E-state index in [4.69, 9.17) is 14.2 Å². The van der Waals surface area contributed by atoms with Crippen LogP contribution in [0.2, 0.25) is 0 Å². The zero-order chi connectivity index (χ0) is 22.5. The molecule has 8 nitrogen and oxygen atoms in total. The van der Waals surface area contributed by atoms with E-state index in [1.165, 1.54) is 4.90 Å². The van der Waals surface area contributed by atoms with E-state index >= 15 is 0 Å². The molecule has 2 aromatic rings. The molecule has 31 heavy (non-hydrogen) atoms. The number of benzene rings is 1. The van der Waals surface area contributed by atoms with E-state index in [9.17, 15) is 9.59 Å². The monoisotopic (exact) mass is 431 g/mol. The topological polar surface area (TPSA) is 73.2 Å². The molecule has 0 aliphatic heterocycles. The molecule has 0 spiro atoms. The molecule has 1 heterocycles. The summed E-state index contributed by atoms with van der Waals surface area (Å²) in [5.41, 5.74) is 1.99. The Bertz CT molecular complexity index is 794. The Hall–Kier alpha value is -2.68. The zero-order valence-electron chi connectivity index (χ0n) is 18.7. The maximum absolute atomic E-state index is 13.0. The van der Waals surface area contributed by atoms with Crippen LogP contribution >= 0.6 is 0 Å². The summed E-state index contributed by atoms with van der Waals surface area (Å²) >= 11 is 0. The molecule has 0 aliphatic carbocycles.